The summed E-state index contributed by atoms with van der Waals surface area (Å²) < 4.78 is 58.9. The van der Waals surface area contributed by atoms with Crippen molar-refractivity contribution in [2.45, 2.75) is 37.9 Å². The summed E-state index contributed by atoms with van der Waals surface area (Å²) in [6.45, 7) is 1.46. The molecule has 0 bridgehead atoms. The molecular weight excluding hydrogens is 181 g/mol. The van der Waals surface area contributed by atoms with Crippen LogP contribution in [-0.4, -0.2) is 18.1 Å². The minimum absolute atomic E-state index is 0.103. The Hall–Kier alpha value is -0.390. The van der Waals surface area contributed by atoms with Crippen molar-refractivity contribution in [3.05, 3.63) is 0 Å². The summed E-state index contributed by atoms with van der Waals surface area (Å²) in [4.78, 5) is 0. The molecule has 0 saturated heterocycles. The molecule has 0 rings (SSSR count). The maximum atomic E-state index is 12.2. The topological polar surface area (TPSA) is 26.0 Å². The first-order valence-electron chi connectivity index (χ1n) is 3.41. The predicted octanol–water partition coefficient (Wildman–Crippen LogP) is 2.31. The van der Waals surface area contributed by atoms with Crippen molar-refractivity contribution in [2.75, 3.05) is 0 Å². The first-order chi connectivity index (χ1) is 5.20. The van der Waals surface area contributed by atoms with Crippen LogP contribution in [0.25, 0.3) is 0 Å². The number of hydrogen-bond acceptors (Lipinski definition) is 1. The highest BCUT2D eigenvalue weighted by Gasteiger charge is 2.57. The molecule has 2 N–H and O–H groups in total. The highest BCUT2D eigenvalue weighted by molar-refractivity contribution is 4.80. The van der Waals surface area contributed by atoms with Crippen LogP contribution in [-0.2, 0) is 0 Å². The van der Waals surface area contributed by atoms with E-state index in [-0.39, 0.29) is 6.42 Å². The van der Waals surface area contributed by atoms with Gasteiger partial charge in [0.2, 0.25) is 0 Å². The summed E-state index contributed by atoms with van der Waals surface area (Å²) in [6, 6.07) is -1.11. The summed E-state index contributed by atoms with van der Waals surface area (Å²) in [6.07, 6.45) is -6.72. The van der Waals surface area contributed by atoms with Crippen molar-refractivity contribution >= 4 is 0 Å². The average Bonchev–Trinajstić information content (AvgIpc) is 1.84. The van der Waals surface area contributed by atoms with Gasteiger partial charge >= 0.3 is 12.1 Å². The van der Waals surface area contributed by atoms with Crippen molar-refractivity contribution < 1.29 is 22.0 Å². The van der Waals surface area contributed by atoms with Crippen LogP contribution >= 0.6 is 0 Å². The molecule has 0 radical (unpaired) electrons. The number of halogens is 5. The van der Waals surface area contributed by atoms with E-state index < -0.39 is 24.6 Å². The van der Waals surface area contributed by atoms with Crippen molar-refractivity contribution in [1.29, 1.82) is 0 Å². The lowest BCUT2D eigenvalue weighted by molar-refractivity contribution is -0.285. The third-order valence-electron chi connectivity index (χ3n) is 1.46. The average molecular weight is 191 g/mol. The molecule has 1 atom stereocenters. The summed E-state index contributed by atoms with van der Waals surface area (Å²) in [5.41, 5.74) is 4.98. The first kappa shape index (κ1) is 11.6. The summed E-state index contributed by atoms with van der Waals surface area (Å²) in [7, 11) is 0. The SMILES string of the molecule is CCC(N)CC(F)(F)C(F)(F)F. The number of nitrogens with two attached hydrogens (primary N) is 1. The van der Waals surface area contributed by atoms with E-state index in [1.165, 1.54) is 6.92 Å². The molecular formula is C6H10F5N. The fourth-order valence-electron chi connectivity index (χ4n) is 0.589. The van der Waals surface area contributed by atoms with E-state index in [0.29, 0.717) is 0 Å². The van der Waals surface area contributed by atoms with Gasteiger partial charge in [-0.3, -0.25) is 0 Å². The molecule has 0 aromatic heterocycles. The van der Waals surface area contributed by atoms with Crippen LogP contribution in [0.2, 0.25) is 0 Å². The van der Waals surface area contributed by atoms with Gasteiger partial charge in [-0.2, -0.15) is 22.0 Å². The Morgan fingerprint density at radius 1 is 1.17 bits per heavy atom. The van der Waals surface area contributed by atoms with Crippen LogP contribution in [0.5, 0.6) is 0 Å². The van der Waals surface area contributed by atoms with Gasteiger partial charge in [-0.25, -0.2) is 0 Å². The molecule has 0 aromatic carbocycles. The molecule has 0 heterocycles. The van der Waals surface area contributed by atoms with Crippen molar-refractivity contribution in [1.82, 2.24) is 0 Å². The lowest BCUT2D eigenvalue weighted by Gasteiger charge is -2.21. The second-order valence-electron chi connectivity index (χ2n) is 2.57. The maximum Gasteiger partial charge on any atom is 0.453 e. The Morgan fingerprint density at radius 2 is 1.58 bits per heavy atom. The molecule has 0 spiro atoms. The number of hydrogen-bond donors (Lipinski definition) is 1. The standard InChI is InChI=1S/C6H10F5N/c1-2-4(12)3-5(7,8)6(9,10)11/h4H,2-3,12H2,1H3. The van der Waals surface area contributed by atoms with E-state index in [9.17, 15) is 22.0 Å². The van der Waals surface area contributed by atoms with Crippen molar-refractivity contribution in [3.8, 4) is 0 Å². The van der Waals surface area contributed by atoms with Crippen LogP contribution in [0.4, 0.5) is 22.0 Å². The van der Waals surface area contributed by atoms with E-state index in [4.69, 9.17) is 5.73 Å². The van der Waals surface area contributed by atoms with Crippen LogP contribution in [0.15, 0.2) is 0 Å². The zero-order chi connectivity index (χ0) is 9.99. The zero-order valence-corrected chi connectivity index (χ0v) is 6.46. The minimum atomic E-state index is -5.49. The highest BCUT2D eigenvalue weighted by atomic mass is 19.4. The Kier molecular flexibility index (Phi) is 3.44. The lowest BCUT2D eigenvalue weighted by atomic mass is 10.1. The first-order valence-corrected chi connectivity index (χ1v) is 3.41. The third-order valence-corrected chi connectivity index (χ3v) is 1.46. The molecule has 74 valence electrons. The molecule has 6 heteroatoms. The lowest BCUT2D eigenvalue weighted by Crippen LogP contribution is -2.41. The van der Waals surface area contributed by atoms with Crippen LogP contribution in [0.1, 0.15) is 19.8 Å². The smallest absolute Gasteiger partial charge is 0.327 e. The van der Waals surface area contributed by atoms with E-state index >= 15 is 0 Å². The van der Waals surface area contributed by atoms with Gasteiger partial charge in [-0.15, -0.1) is 0 Å². The van der Waals surface area contributed by atoms with E-state index in [2.05, 4.69) is 0 Å². The van der Waals surface area contributed by atoms with Crippen molar-refractivity contribution in [2.24, 2.45) is 5.73 Å². The molecule has 1 unspecified atom stereocenters. The van der Waals surface area contributed by atoms with E-state index in [0.717, 1.165) is 0 Å². The second kappa shape index (κ2) is 3.55. The molecule has 0 aromatic rings. The molecule has 0 aliphatic heterocycles. The number of rotatable bonds is 3. The van der Waals surface area contributed by atoms with Gasteiger partial charge in [0.25, 0.3) is 0 Å². The van der Waals surface area contributed by atoms with Gasteiger partial charge in [0, 0.05) is 12.5 Å². The molecule has 0 saturated carbocycles. The van der Waals surface area contributed by atoms with Crippen LogP contribution < -0.4 is 5.73 Å². The summed E-state index contributed by atoms with van der Waals surface area (Å²) >= 11 is 0. The fourth-order valence-corrected chi connectivity index (χ4v) is 0.589. The molecule has 0 fully saturated rings. The zero-order valence-electron chi connectivity index (χ0n) is 6.46. The monoisotopic (exact) mass is 191 g/mol. The van der Waals surface area contributed by atoms with Crippen molar-refractivity contribution in [3.63, 3.8) is 0 Å². The summed E-state index contributed by atoms with van der Waals surface area (Å²) in [5, 5.41) is 0. The largest absolute Gasteiger partial charge is 0.453 e. The van der Waals surface area contributed by atoms with Gasteiger partial charge in [0.1, 0.15) is 0 Å². The van der Waals surface area contributed by atoms with Gasteiger partial charge in [-0.1, -0.05) is 6.92 Å². The second-order valence-corrected chi connectivity index (χ2v) is 2.57. The molecule has 0 amide bonds. The summed E-state index contributed by atoms with van der Waals surface area (Å²) in [5.74, 6) is -4.66. The normalized spacial score (nSPS) is 16.2. The fraction of sp³-hybridized carbons (Fsp3) is 1.00. The molecule has 0 aliphatic rings. The molecule has 1 nitrogen and oxygen atoms in total. The van der Waals surface area contributed by atoms with Crippen LogP contribution in [0.3, 0.4) is 0 Å². The van der Waals surface area contributed by atoms with Gasteiger partial charge in [0.15, 0.2) is 0 Å². The van der Waals surface area contributed by atoms with E-state index in [1.54, 1.807) is 0 Å². The molecule has 0 aliphatic carbocycles. The predicted molar refractivity (Wildman–Crippen MR) is 33.9 cm³/mol. The quantitative estimate of drug-likeness (QED) is 0.680. The Bertz CT molecular complexity index is 141. The van der Waals surface area contributed by atoms with Gasteiger partial charge in [-0.05, 0) is 6.42 Å². The Morgan fingerprint density at radius 3 is 1.83 bits per heavy atom. The van der Waals surface area contributed by atoms with Gasteiger partial charge < -0.3 is 5.73 Å². The Labute approximate surface area is 66.7 Å². The minimum Gasteiger partial charge on any atom is -0.327 e. The Balaban J connectivity index is 4.22. The van der Waals surface area contributed by atoms with Gasteiger partial charge in [0.05, 0.1) is 0 Å². The third kappa shape index (κ3) is 2.92. The number of alkyl halides is 5. The maximum absolute atomic E-state index is 12.2. The highest BCUT2D eigenvalue weighted by Crippen LogP contribution is 2.38. The van der Waals surface area contributed by atoms with Crippen LogP contribution in [0, 0.1) is 0 Å². The van der Waals surface area contributed by atoms with E-state index in [1.807, 2.05) is 0 Å². The molecule has 12 heavy (non-hydrogen) atoms.